The number of likely N-dealkylation sites (tertiary alicyclic amines) is 1. The third-order valence-corrected chi connectivity index (χ3v) is 3.55. The largest absolute Gasteiger partial charge is 0.480 e. The van der Waals surface area contributed by atoms with Crippen molar-refractivity contribution >= 4 is 5.97 Å². The van der Waals surface area contributed by atoms with Crippen molar-refractivity contribution in [3.63, 3.8) is 0 Å². The van der Waals surface area contributed by atoms with Gasteiger partial charge in [0.25, 0.3) is 0 Å². The monoisotopic (exact) mass is 228 g/mol. The molecule has 1 fully saturated rings. The fraction of sp³-hybridized carbons (Fsp3) is 0.917. The second-order valence-electron chi connectivity index (χ2n) is 5.56. The van der Waals surface area contributed by atoms with Gasteiger partial charge in [-0.2, -0.15) is 0 Å². The Morgan fingerprint density at radius 3 is 2.25 bits per heavy atom. The van der Waals surface area contributed by atoms with Crippen molar-refractivity contribution in [2.24, 2.45) is 5.92 Å². The summed E-state index contributed by atoms with van der Waals surface area (Å²) in [5.74, 6) is -0.00518. The zero-order chi connectivity index (χ0) is 12.3. The number of nitrogens with zero attached hydrogens (tertiary/aromatic N) is 2. The van der Waals surface area contributed by atoms with E-state index in [0.29, 0.717) is 0 Å². The van der Waals surface area contributed by atoms with Crippen LogP contribution in [0.3, 0.4) is 0 Å². The van der Waals surface area contributed by atoms with Crippen LogP contribution in [-0.4, -0.2) is 60.1 Å². The molecule has 0 amide bonds. The third-order valence-electron chi connectivity index (χ3n) is 3.55. The topological polar surface area (TPSA) is 43.8 Å². The molecule has 4 nitrogen and oxygen atoms in total. The lowest BCUT2D eigenvalue weighted by Gasteiger charge is -2.40. The van der Waals surface area contributed by atoms with Gasteiger partial charge in [0.05, 0.1) is 0 Å². The Morgan fingerprint density at radius 2 is 1.88 bits per heavy atom. The van der Waals surface area contributed by atoms with Crippen LogP contribution in [0.1, 0.15) is 26.7 Å². The van der Waals surface area contributed by atoms with Gasteiger partial charge in [0.2, 0.25) is 0 Å². The summed E-state index contributed by atoms with van der Waals surface area (Å²) in [7, 11) is 4.18. The summed E-state index contributed by atoms with van der Waals surface area (Å²) in [4.78, 5) is 15.4. The molecule has 1 saturated heterocycles. The molecule has 0 aromatic rings. The smallest absolute Gasteiger partial charge is 0.323 e. The highest BCUT2D eigenvalue weighted by molar-refractivity contribution is 5.77. The van der Waals surface area contributed by atoms with Gasteiger partial charge in [0, 0.05) is 6.54 Å². The molecule has 1 aliphatic heterocycles. The van der Waals surface area contributed by atoms with E-state index in [0.717, 1.165) is 38.4 Å². The van der Waals surface area contributed by atoms with Crippen LogP contribution in [0.25, 0.3) is 0 Å². The molecule has 1 N–H and O–H groups in total. The molecule has 0 unspecified atom stereocenters. The molecular formula is C12H24N2O2. The Morgan fingerprint density at radius 1 is 1.38 bits per heavy atom. The van der Waals surface area contributed by atoms with Crippen LogP contribution >= 0.6 is 0 Å². The molecule has 1 heterocycles. The molecule has 0 aliphatic carbocycles. The molecule has 94 valence electrons. The summed E-state index contributed by atoms with van der Waals surface area (Å²) >= 11 is 0. The molecule has 0 saturated carbocycles. The van der Waals surface area contributed by atoms with Crippen molar-refractivity contribution in [3.8, 4) is 0 Å². The number of carboxylic acids is 1. The van der Waals surface area contributed by atoms with Crippen molar-refractivity contribution in [3.05, 3.63) is 0 Å². The number of rotatable bonds is 4. The van der Waals surface area contributed by atoms with E-state index in [-0.39, 0.29) is 0 Å². The Labute approximate surface area is 98.2 Å². The minimum atomic E-state index is -0.724. The Hall–Kier alpha value is -0.610. The van der Waals surface area contributed by atoms with Crippen molar-refractivity contribution < 1.29 is 9.90 Å². The zero-order valence-corrected chi connectivity index (χ0v) is 10.9. The van der Waals surface area contributed by atoms with Crippen LogP contribution in [0.4, 0.5) is 0 Å². The van der Waals surface area contributed by atoms with Gasteiger partial charge in [-0.25, -0.2) is 0 Å². The van der Waals surface area contributed by atoms with Crippen molar-refractivity contribution in [1.82, 2.24) is 9.80 Å². The molecule has 1 rings (SSSR count). The third kappa shape index (κ3) is 3.19. The number of aliphatic carboxylic acids is 1. The Kier molecular flexibility index (Phi) is 4.33. The molecule has 0 radical (unpaired) electrons. The van der Waals surface area contributed by atoms with E-state index in [9.17, 15) is 4.79 Å². The van der Waals surface area contributed by atoms with E-state index >= 15 is 0 Å². The minimum Gasteiger partial charge on any atom is -0.480 e. The van der Waals surface area contributed by atoms with Crippen LogP contribution in [-0.2, 0) is 4.79 Å². The lowest BCUT2D eigenvalue weighted by molar-refractivity contribution is -0.150. The van der Waals surface area contributed by atoms with Crippen LogP contribution < -0.4 is 0 Å². The van der Waals surface area contributed by atoms with E-state index in [1.807, 2.05) is 0 Å². The number of hydrogen-bond acceptors (Lipinski definition) is 3. The van der Waals surface area contributed by atoms with Gasteiger partial charge in [-0.05, 0) is 59.8 Å². The molecule has 0 atom stereocenters. The maximum absolute atomic E-state index is 11.1. The second kappa shape index (κ2) is 5.15. The lowest BCUT2D eigenvalue weighted by atomic mass is 9.92. The number of piperidine rings is 1. The van der Waals surface area contributed by atoms with Crippen LogP contribution in [0, 0.1) is 5.92 Å². The fourth-order valence-corrected chi connectivity index (χ4v) is 2.33. The first kappa shape index (κ1) is 13.5. The number of carbonyl (C=O) groups is 1. The van der Waals surface area contributed by atoms with Gasteiger partial charge < -0.3 is 10.0 Å². The SMILES string of the molecule is CN(C)CC1CCN(C(C)(C)C(=O)O)CC1. The molecular weight excluding hydrogens is 204 g/mol. The maximum Gasteiger partial charge on any atom is 0.323 e. The highest BCUT2D eigenvalue weighted by atomic mass is 16.4. The van der Waals surface area contributed by atoms with E-state index < -0.39 is 11.5 Å². The summed E-state index contributed by atoms with van der Waals surface area (Å²) in [6.45, 7) is 6.50. The summed E-state index contributed by atoms with van der Waals surface area (Å²) in [6, 6.07) is 0. The van der Waals surface area contributed by atoms with Gasteiger partial charge in [0.1, 0.15) is 5.54 Å². The second-order valence-corrected chi connectivity index (χ2v) is 5.56. The van der Waals surface area contributed by atoms with Crippen molar-refractivity contribution in [1.29, 1.82) is 0 Å². The summed E-state index contributed by atoms with van der Waals surface area (Å²) in [5, 5.41) is 9.15. The van der Waals surface area contributed by atoms with E-state index in [4.69, 9.17) is 5.11 Å². The van der Waals surface area contributed by atoms with E-state index in [1.165, 1.54) is 0 Å². The summed E-state index contributed by atoms with van der Waals surface area (Å²) < 4.78 is 0. The predicted molar refractivity (Wildman–Crippen MR) is 64.6 cm³/mol. The first-order valence-corrected chi connectivity index (χ1v) is 5.97. The lowest BCUT2D eigenvalue weighted by Crippen LogP contribution is -2.53. The first-order valence-electron chi connectivity index (χ1n) is 5.97. The van der Waals surface area contributed by atoms with Gasteiger partial charge >= 0.3 is 5.97 Å². The maximum atomic E-state index is 11.1. The average Bonchev–Trinajstić information content (AvgIpc) is 2.17. The van der Waals surface area contributed by atoms with Crippen molar-refractivity contribution in [2.45, 2.75) is 32.2 Å². The number of carboxylic acid groups (broad SMARTS) is 1. The zero-order valence-electron chi connectivity index (χ0n) is 10.9. The molecule has 4 heteroatoms. The van der Waals surface area contributed by atoms with E-state index in [2.05, 4.69) is 23.9 Å². The summed E-state index contributed by atoms with van der Waals surface area (Å²) in [5.41, 5.74) is -0.719. The highest BCUT2D eigenvalue weighted by Crippen LogP contribution is 2.24. The normalized spacial score (nSPS) is 20.3. The molecule has 0 bridgehead atoms. The highest BCUT2D eigenvalue weighted by Gasteiger charge is 2.36. The standard InChI is InChI=1S/C12H24N2O2/c1-12(2,11(15)16)14-7-5-10(6-8-14)9-13(3)4/h10H,5-9H2,1-4H3,(H,15,16). The predicted octanol–water partition coefficient (Wildman–Crippen LogP) is 1.12. The first-order chi connectivity index (χ1) is 7.34. The van der Waals surface area contributed by atoms with Crippen LogP contribution in [0.5, 0.6) is 0 Å². The molecule has 0 aromatic heterocycles. The average molecular weight is 228 g/mol. The van der Waals surface area contributed by atoms with Gasteiger partial charge in [-0.15, -0.1) is 0 Å². The molecule has 0 spiro atoms. The molecule has 1 aliphatic rings. The van der Waals surface area contributed by atoms with Gasteiger partial charge in [-0.1, -0.05) is 0 Å². The minimum absolute atomic E-state index is 0.718. The molecule has 16 heavy (non-hydrogen) atoms. The summed E-state index contributed by atoms with van der Waals surface area (Å²) in [6.07, 6.45) is 2.21. The quantitative estimate of drug-likeness (QED) is 0.783. The van der Waals surface area contributed by atoms with Gasteiger partial charge in [-0.3, -0.25) is 9.69 Å². The van der Waals surface area contributed by atoms with Crippen molar-refractivity contribution in [2.75, 3.05) is 33.7 Å². The molecule has 0 aromatic carbocycles. The Balaban J connectivity index is 2.46. The van der Waals surface area contributed by atoms with Crippen LogP contribution in [0.2, 0.25) is 0 Å². The van der Waals surface area contributed by atoms with Gasteiger partial charge in [0.15, 0.2) is 0 Å². The van der Waals surface area contributed by atoms with Crippen LogP contribution in [0.15, 0.2) is 0 Å². The van der Waals surface area contributed by atoms with E-state index in [1.54, 1.807) is 13.8 Å². The Bertz CT molecular complexity index is 243. The fourth-order valence-electron chi connectivity index (χ4n) is 2.33. The number of hydrogen-bond donors (Lipinski definition) is 1.